The van der Waals surface area contributed by atoms with E-state index in [0.29, 0.717) is 12.8 Å². The number of carboxylic acid groups (broad SMARTS) is 2. The molecule has 1 aliphatic rings. The lowest BCUT2D eigenvalue weighted by molar-refractivity contribution is -0.138. The molecule has 1 aliphatic heterocycles. The lowest BCUT2D eigenvalue weighted by Gasteiger charge is -2.03. The minimum absolute atomic E-state index is 0.345. The third kappa shape index (κ3) is 53.9. The van der Waals surface area contributed by atoms with Crippen molar-refractivity contribution in [3.63, 3.8) is 0 Å². The van der Waals surface area contributed by atoms with Crippen LogP contribution in [0.2, 0.25) is 0 Å². The molecule has 0 aliphatic carbocycles. The normalized spacial score (nSPS) is 11.8. The molecule has 258 valence electrons. The van der Waals surface area contributed by atoms with Gasteiger partial charge in [0.05, 0.1) is 13.2 Å². The molecule has 0 bridgehead atoms. The Hall–Kier alpha value is -1.10. The first-order chi connectivity index (χ1) is 21.0. The van der Waals surface area contributed by atoms with Crippen LogP contribution < -0.4 is 0 Å². The maximum absolute atomic E-state index is 10.3. The Balaban J connectivity index is 0. The van der Waals surface area contributed by atoms with Crippen LogP contribution in [0.4, 0.5) is 0 Å². The molecule has 43 heavy (non-hydrogen) atoms. The highest BCUT2D eigenvalue weighted by atomic mass is 16.6. The van der Waals surface area contributed by atoms with Crippen molar-refractivity contribution in [2.75, 3.05) is 13.2 Å². The second-order valence-electron chi connectivity index (χ2n) is 12.8. The van der Waals surface area contributed by atoms with Gasteiger partial charge in [-0.1, -0.05) is 194 Å². The molecule has 0 saturated carbocycles. The fourth-order valence-electron chi connectivity index (χ4n) is 5.30. The molecule has 0 amide bonds. The number of aliphatic carboxylic acids is 2. The van der Waals surface area contributed by atoms with E-state index >= 15 is 0 Å². The van der Waals surface area contributed by atoms with Crippen molar-refractivity contribution in [1.29, 1.82) is 0 Å². The summed E-state index contributed by atoms with van der Waals surface area (Å²) in [6.45, 7) is 6.54. The molecule has 2 N–H and O–H groups in total. The summed E-state index contributed by atoms with van der Waals surface area (Å²) in [7, 11) is 0. The smallest absolute Gasteiger partial charge is 0.303 e. The minimum Gasteiger partial charge on any atom is -0.481 e. The highest BCUT2D eigenvalue weighted by Crippen LogP contribution is 2.15. The molecule has 1 rings (SSSR count). The van der Waals surface area contributed by atoms with E-state index < -0.39 is 11.9 Å². The van der Waals surface area contributed by atoms with E-state index in [1.807, 2.05) is 0 Å². The first-order valence-electron chi connectivity index (χ1n) is 19.1. The van der Waals surface area contributed by atoms with Crippen LogP contribution >= 0.6 is 0 Å². The predicted molar refractivity (Wildman–Crippen MR) is 185 cm³/mol. The maximum atomic E-state index is 10.3. The van der Waals surface area contributed by atoms with Gasteiger partial charge >= 0.3 is 11.9 Å². The van der Waals surface area contributed by atoms with Gasteiger partial charge in [0, 0.05) is 12.8 Å². The van der Waals surface area contributed by atoms with E-state index in [1.165, 1.54) is 167 Å². The molecule has 0 atom stereocenters. The predicted octanol–water partition coefficient (Wildman–Crippen LogP) is 12.7. The van der Waals surface area contributed by atoms with E-state index in [1.54, 1.807) is 0 Å². The van der Waals surface area contributed by atoms with Gasteiger partial charge in [0.2, 0.25) is 0 Å². The average Bonchev–Trinajstić information content (AvgIpc) is 3.87. The van der Waals surface area contributed by atoms with Crippen molar-refractivity contribution >= 4 is 11.9 Å². The second-order valence-corrected chi connectivity index (χ2v) is 12.8. The van der Waals surface area contributed by atoms with E-state index in [2.05, 4.69) is 18.6 Å². The molecular formula is C38H76O5. The van der Waals surface area contributed by atoms with Crippen LogP contribution in [0.5, 0.6) is 0 Å². The van der Waals surface area contributed by atoms with Gasteiger partial charge in [-0.05, 0) is 12.8 Å². The third-order valence-electron chi connectivity index (χ3n) is 8.19. The Morgan fingerprint density at radius 1 is 0.372 bits per heavy atom. The van der Waals surface area contributed by atoms with Crippen LogP contribution in [0.25, 0.3) is 0 Å². The standard InChI is InChI=1S/2C18H36O2.C2H4O/c2*1-2-3-4-5-6-7-8-9-10-11-12-13-14-15-16-17-18(19)20;1-2-3-1/h2*2-17H2,1H3,(H,19,20);1-2H2. The first kappa shape index (κ1) is 44.0. The Morgan fingerprint density at radius 3 is 0.674 bits per heavy atom. The molecule has 0 radical (unpaired) electrons. The molecule has 0 unspecified atom stereocenters. The highest BCUT2D eigenvalue weighted by Gasteiger charge is 1.98. The molecular weight excluding hydrogens is 536 g/mol. The number of hydrogen-bond acceptors (Lipinski definition) is 3. The Kier molecular flexibility index (Phi) is 41.9. The minimum atomic E-state index is -0.653. The van der Waals surface area contributed by atoms with Gasteiger partial charge < -0.3 is 14.9 Å². The van der Waals surface area contributed by atoms with Gasteiger partial charge in [-0.2, -0.15) is 0 Å². The zero-order chi connectivity index (χ0) is 31.9. The lowest BCUT2D eigenvalue weighted by atomic mass is 10.0. The summed E-state index contributed by atoms with van der Waals surface area (Å²) < 4.78 is 4.50. The highest BCUT2D eigenvalue weighted by molar-refractivity contribution is 5.66. The SMILES string of the molecule is C1CO1.CCCCCCCCCCCCCCCCCC(=O)O.CCCCCCCCCCCCCCCCCC(=O)O. The van der Waals surface area contributed by atoms with Crippen LogP contribution in [0, 0.1) is 0 Å². The average molecular weight is 613 g/mol. The fraction of sp³-hybridized carbons (Fsp3) is 0.947. The van der Waals surface area contributed by atoms with Gasteiger partial charge in [-0.15, -0.1) is 0 Å². The van der Waals surface area contributed by atoms with Gasteiger partial charge in [0.25, 0.3) is 0 Å². The third-order valence-corrected chi connectivity index (χ3v) is 8.19. The molecule has 1 fully saturated rings. The number of hydrogen-bond donors (Lipinski definition) is 2. The van der Waals surface area contributed by atoms with E-state index in [-0.39, 0.29) is 0 Å². The molecule has 0 aromatic carbocycles. The van der Waals surface area contributed by atoms with Crippen molar-refractivity contribution in [2.24, 2.45) is 0 Å². The summed E-state index contributed by atoms with van der Waals surface area (Å²) >= 11 is 0. The number of epoxide rings is 1. The van der Waals surface area contributed by atoms with Crippen molar-refractivity contribution in [3.8, 4) is 0 Å². The molecule has 0 aromatic rings. The monoisotopic (exact) mass is 613 g/mol. The Labute approximate surface area is 268 Å². The molecule has 1 heterocycles. The summed E-state index contributed by atoms with van der Waals surface area (Å²) in [4.78, 5) is 20.7. The lowest BCUT2D eigenvalue weighted by Crippen LogP contribution is -1.93. The summed E-state index contributed by atoms with van der Waals surface area (Å²) in [6.07, 6.45) is 40.4. The zero-order valence-corrected chi connectivity index (χ0v) is 29.2. The summed E-state index contributed by atoms with van der Waals surface area (Å²) in [5.41, 5.74) is 0. The summed E-state index contributed by atoms with van der Waals surface area (Å²) in [5.74, 6) is -1.31. The number of ether oxygens (including phenoxy) is 1. The Morgan fingerprint density at radius 2 is 0.535 bits per heavy atom. The number of unbranched alkanes of at least 4 members (excludes halogenated alkanes) is 28. The molecule has 0 spiro atoms. The Bertz CT molecular complexity index is 488. The van der Waals surface area contributed by atoms with E-state index in [4.69, 9.17) is 10.2 Å². The van der Waals surface area contributed by atoms with Crippen LogP contribution in [-0.2, 0) is 14.3 Å². The molecule has 5 heteroatoms. The van der Waals surface area contributed by atoms with Crippen LogP contribution in [-0.4, -0.2) is 35.4 Å². The molecule has 0 aromatic heterocycles. The van der Waals surface area contributed by atoms with Crippen molar-refractivity contribution in [3.05, 3.63) is 0 Å². The number of carboxylic acids is 2. The van der Waals surface area contributed by atoms with Gasteiger partial charge in [-0.3, -0.25) is 9.59 Å². The van der Waals surface area contributed by atoms with Gasteiger partial charge in [0.15, 0.2) is 0 Å². The maximum Gasteiger partial charge on any atom is 0.303 e. The van der Waals surface area contributed by atoms with Crippen molar-refractivity contribution in [1.82, 2.24) is 0 Å². The largest absolute Gasteiger partial charge is 0.481 e. The van der Waals surface area contributed by atoms with E-state index in [0.717, 1.165) is 38.9 Å². The van der Waals surface area contributed by atoms with E-state index in [9.17, 15) is 9.59 Å². The number of rotatable bonds is 32. The summed E-state index contributed by atoms with van der Waals surface area (Å²) in [5, 5.41) is 17.0. The number of carbonyl (C=O) groups is 2. The van der Waals surface area contributed by atoms with Crippen LogP contribution in [0.15, 0.2) is 0 Å². The first-order valence-corrected chi connectivity index (χ1v) is 19.1. The molecule has 1 saturated heterocycles. The zero-order valence-electron chi connectivity index (χ0n) is 29.2. The van der Waals surface area contributed by atoms with Crippen molar-refractivity contribution in [2.45, 2.75) is 219 Å². The second kappa shape index (κ2) is 40.9. The van der Waals surface area contributed by atoms with Crippen molar-refractivity contribution < 1.29 is 24.5 Å². The summed E-state index contributed by atoms with van der Waals surface area (Å²) in [6, 6.07) is 0. The van der Waals surface area contributed by atoms with Gasteiger partial charge in [-0.25, -0.2) is 0 Å². The van der Waals surface area contributed by atoms with Crippen LogP contribution in [0.1, 0.15) is 219 Å². The molecule has 5 nitrogen and oxygen atoms in total. The fourth-order valence-corrected chi connectivity index (χ4v) is 5.30. The van der Waals surface area contributed by atoms with Gasteiger partial charge in [0.1, 0.15) is 0 Å². The quantitative estimate of drug-likeness (QED) is 0.0583. The topological polar surface area (TPSA) is 87.1 Å². The van der Waals surface area contributed by atoms with Crippen LogP contribution in [0.3, 0.4) is 0 Å².